The summed E-state index contributed by atoms with van der Waals surface area (Å²) in [5, 5.41) is 10.7. The summed E-state index contributed by atoms with van der Waals surface area (Å²) in [6, 6.07) is 4.74. The highest BCUT2D eigenvalue weighted by molar-refractivity contribution is 6.30. The van der Waals surface area contributed by atoms with E-state index in [0.717, 1.165) is 0 Å². The van der Waals surface area contributed by atoms with Crippen molar-refractivity contribution in [2.75, 3.05) is 7.11 Å². The van der Waals surface area contributed by atoms with Crippen LogP contribution in [0.1, 0.15) is 5.56 Å². The number of rotatable bonds is 3. The average molecular weight is 202 g/mol. The van der Waals surface area contributed by atoms with Crippen LogP contribution in [0.3, 0.4) is 0 Å². The molecule has 5 heteroatoms. The van der Waals surface area contributed by atoms with E-state index < -0.39 is 4.92 Å². The molecule has 13 heavy (non-hydrogen) atoms. The van der Waals surface area contributed by atoms with E-state index in [0.29, 0.717) is 16.3 Å². The Hall–Kier alpha value is -1.29. The smallest absolute Gasteiger partial charge is 0.232 e. The second kappa shape index (κ2) is 4.09. The number of nitro groups is 1. The third-order valence-electron chi connectivity index (χ3n) is 1.55. The molecule has 0 aliphatic carbocycles. The molecule has 0 aliphatic rings. The Bertz CT molecular complexity index is 327. The van der Waals surface area contributed by atoms with Gasteiger partial charge in [0.25, 0.3) is 0 Å². The van der Waals surface area contributed by atoms with Crippen LogP contribution in [0.2, 0.25) is 5.02 Å². The molecular weight excluding hydrogens is 194 g/mol. The van der Waals surface area contributed by atoms with Gasteiger partial charge in [-0.15, -0.1) is 0 Å². The summed E-state index contributed by atoms with van der Waals surface area (Å²) in [4.78, 5) is 9.83. The van der Waals surface area contributed by atoms with E-state index in [-0.39, 0.29) is 6.54 Å². The van der Waals surface area contributed by atoms with Crippen molar-refractivity contribution in [3.63, 3.8) is 0 Å². The standard InChI is InChI=1S/C8H8ClNO3/c1-13-8-4-7(9)3-2-6(8)5-10(11)12/h2-4H,5H2,1H3. The topological polar surface area (TPSA) is 52.4 Å². The van der Waals surface area contributed by atoms with Crippen molar-refractivity contribution in [2.45, 2.75) is 6.54 Å². The highest BCUT2D eigenvalue weighted by Gasteiger charge is 2.08. The molecule has 4 nitrogen and oxygen atoms in total. The van der Waals surface area contributed by atoms with Gasteiger partial charge in [-0.1, -0.05) is 11.6 Å². The molecule has 0 spiro atoms. The summed E-state index contributed by atoms with van der Waals surface area (Å²) < 4.78 is 4.94. The summed E-state index contributed by atoms with van der Waals surface area (Å²) >= 11 is 5.68. The normalized spacial score (nSPS) is 9.69. The van der Waals surface area contributed by atoms with Crippen LogP contribution in [-0.4, -0.2) is 12.0 Å². The fourth-order valence-electron chi connectivity index (χ4n) is 0.988. The lowest BCUT2D eigenvalue weighted by atomic mass is 10.2. The molecule has 0 saturated carbocycles. The maximum absolute atomic E-state index is 10.2. The highest BCUT2D eigenvalue weighted by atomic mass is 35.5. The van der Waals surface area contributed by atoms with E-state index in [1.807, 2.05) is 0 Å². The molecule has 1 aromatic rings. The molecule has 0 amide bonds. The summed E-state index contributed by atoms with van der Waals surface area (Å²) in [7, 11) is 1.45. The molecule has 0 bridgehead atoms. The summed E-state index contributed by atoms with van der Waals surface area (Å²) in [5.41, 5.74) is 0.525. The van der Waals surface area contributed by atoms with Gasteiger partial charge in [-0.05, 0) is 18.2 Å². The van der Waals surface area contributed by atoms with Crippen molar-refractivity contribution >= 4 is 11.6 Å². The van der Waals surface area contributed by atoms with Crippen molar-refractivity contribution in [1.82, 2.24) is 0 Å². The largest absolute Gasteiger partial charge is 0.496 e. The zero-order chi connectivity index (χ0) is 9.84. The zero-order valence-electron chi connectivity index (χ0n) is 6.99. The average Bonchev–Trinajstić information content (AvgIpc) is 2.07. The molecule has 0 aliphatic heterocycles. The Morgan fingerprint density at radius 2 is 2.31 bits per heavy atom. The van der Waals surface area contributed by atoms with Crippen LogP contribution < -0.4 is 4.74 Å². The van der Waals surface area contributed by atoms with Crippen molar-refractivity contribution in [3.05, 3.63) is 38.9 Å². The van der Waals surface area contributed by atoms with Crippen LogP contribution >= 0.6 is 11.6 Å². The monoisotopic (exact) mass is 201 g/mol. The number of hydrogen-bond donors (Lipinski definition) is 0. The first-order valence-corrected chi connectivity index (χ1v) is 3.95. The predicted octanol–water partition coefficient (Wildman–Crippen LogP) is 2.13. The van der Waals surface area contributed by atoms with E-state index in [1.165, 1.54) is 7.11 Å². The van der Waals surface area contributed by atoms with E-state index >= 15 is 0 Å². The molecule has 1 aromatic carbocycles. The van der Waals surface area contributed by atoms with E-state index in [1.54, 1.807) is 18.2 Å². The number of halogens is 1. The number of nitrogens with zero attached hydrogens (tertiary/aromatic N) is 1. The van der Waals surface area contributed by atoms with Crippen LogP contribution in [0.15, 0.2) is 18.2 Å². The van der Waals surface area contributed by atoms with Gasteiger partial charge in [0, 0.05) is 9.95 Å². The van der Waals surface area contributed by atoms with Crippen molar-refractivity contribution in [1.29, 1.82) is 0 Å². The molecule has 0 fully saturated rings. The van der Waals surface area contributed by atoms with Gasteiger partial charge in [0.05, 0.1) is 12.7 Å². The molecule has 0 radical (unpaired) electrons. The number of ether oxygens (including phenoxy) is 1. The Morgan fingerprint density at radius 1 is 1.62 bits per heavy atom. The van der Waals surface area contributed by atoms with Gasteiger partial charge in [-0.2, -0.15) is 0 Å². The number of benzene rings is 1. The van der Waals surface area contributed by atoms with Gasteiger partial charge < -0.3 is 4.74 Å². The maximum atomic E-state index is 10.2. The van der Waals surface area contributed by atoms with Gasteiger partial charge in [0.15, 0.2) is 0 Å². The van der Waals surface area contributed by atoms with Gasteiger partial charge in [0.1, 0.15) is 5.75 Å². The first kappa shape index (κ1) is 9.80. The quantitative estimate of drug-likeness (QED) is 0.556. The summed E-state index contributed by atoms with van der Waals surface area (Å²) in [6.45, 7) is -0.250. The highest BCUT2D eigenvalue weighted by Crippen LogP contribution is 2.23. The first-order valence-electron chi connectivity index (χ1n) is 3.57. The number of hydrogen-bond acceptors (Lipinski definition) is 3. The minimum Gasteiger partial charge on any atom is -0.496 e. The molecule has 0 atom stereocenters. The second-order valence-corrected chi connectivity index (χ2v) is 2.88. The van der Waals surface area contributed by atoms with E-state index in [2.05, 4.69) is 0 Å². The molecule has 0 unspecified atom stereocenters. The summed E-state index contributed by atoms with van der Waals surface area (Å²) in [6.07, 6.45) is 0. The van der Waals surface area contributed by atoms with Crippen molar-refractivity contribution < 1.29 is 9.66 Å². The van der Waals surface area contributed by atoms with Crippen molar-refractivity contribution in [2.24, 2.45) is 0 Å². The minimum absolute atomic E-state index is 0.250. The van der Waals surface area contributed by atoms with Crippen molar-refractivity contribution in [3.8, 4) is 5.75 Å². The van der Waals surface area contributed by atoms with Crippen LogP contribution in [0.5, 0.6) is 5.75 Å². The zero-order valence-corrected chi connectivity index (χ0v) is 7.75. The maximum Gasteiger partial charge on any atom is 0.232 e. The van der Waals surface area contributed by atoms with Crippen LogP contribution in [0, 0.1) is 10.1 Å². The van der Waals surface area contributed by atoms with E-state index in [9.17, 15) is 10.1 Å². The third kappa shape index (κ3) is 2.59. The Kier molecular flexibility index (Phi) is 3.08. The summed E-state index contributed by atoms with van der Waals surface area (Å²) in [5.74, 6) is 0.448. The second-order valence-electron chi connectivity index (χ2n) is 2.45. The molecule has 0 heterocycles. The molecule has 70 valence electrons. The van der Waals surface area contributed by atoms with Gasteiger partial charge >= 0.3 is 0 Å². The molecule has 0 aromatic heterocycles. The number of methoxy groups -OCH3 is 1. The van der Waals surface area contributed by atoms with Crippen LogP contribution in [0.25, 0.3) is 0 Å². The van der Waals surface area contributed by atoms with Gasteiger partial charge in [0.2, 0.25) is 6.54 Å². The first-order chi connectivity index (χ1) is 6.13. The SMILES string of the molecule is COc1cc(Cl)ccc1C[N+](=O)[O-]. The molecule has 0 saturated heterocycles. The molecule has 1 rings (SSSR count). The predicted molar refractivity (Wildman–Crippen MR) is 48.7 cm³/mol. The molecule has 0 N–H and O–H groups in total. The van der Waals surface area contributed by atoms with Crippen LogP contribution in [-0.2, 0) is 6.54 Å². The van der Waals surface area contributed by atoms with E-state index in [4.69, 9.17) is 16.3 Å². The third-order valence-corrected chi connectivity index (χ3v) is 1.78. The Labute approximate surface area is 80.2 Å². The Balaban J connectivity index is 2.99. The lowest BCUT2D eigenvalue weighted by Crippen LogP contribution is -2.00. The van der Waals surface area contributed by atoms with Gasteiger partial charge in [-0.3, -0.25) is 10.1 Å². The lowest BCUT2D eigenvalue weighted by molar-refractivity contribution is -0.496. The van der Waals surface area contributed by atoms with Gasteiger partial charge in [-0.25, -0.2) is 0 Å². The fraction of sp³-hybridized carbons (Fsp3) is 0.250. The lowest BCUT2D eigenvalue weighted by Gasteiger charge is -2.04. The minimum atomic E-state index is -0.411. The fourth-order valence-corrected chi connectivity index (χ4v) is 1.15. The molecular formula is C8H8ClNO3. The Morgan fingerprint density at radius 3 is 2.85 bits per heavy atom. The van der Waals surface area contributed by atoms with Crippen LogP contribution in [0.4, 0.5) is 0 Å².